The molecule has 29 heavy (non-hydrogen) atoms. The minimum absolute atomic E-state index is 0.0472. The average molecular weight is 419 g/mol. The van der Waals surface area contributed by atoms with Crippen molar-refractivity contribution in [2.75, 3.05) is 5.32 Å². The number of carbonyl (C=O) groups is 3. The normalized spacial score (nSPS) is 10.2. The van der Waals surface area contributed by atoms with Crippen LogP contribution in [0, 0.1) is 24.0 Å². The molecule has 0 radical (unpaired) electrons. The number of hydrazine groups is 1. The fourth-order valence-corrected chi connectivity index (χ4v) is 2.64. The van der Waals surface area contributed by atoms with E-state index in [0.29, 0.717) is 5.69 Å². The highest BCUT2D eigenvalue weighted by atomic mass is 35.5. The molecule has 9 nitrogen and oxygen atoms in total. The first-order valence-corrected chi connectivity index (χ1v) is 8.95. The van der Waals surface area contributed by atoms with Gasteiger partial charge >= 0.3 is 0 Å². The van der Waals surface area contributed by atoms with Crippen molar-refractivity contribution in [3.8, 4) is 0 Å². The van der Waals surface area contributed by atoms with Crippen molar-refractivity contribution in [2.24, 2.45) is 0 Å². The van der Waals surface area contributed by atoms with Gasteiger partial charge in [0.1, 0.15) is 5.02 Å². The largest absolute Gasteiger partial charge is 0.326 e. The monoisotopic (exact) mass is 418 g/mol. The summed E-state index contributed by atoms with van der Waals surface area (Å²) in [6, 6.07) is 9.09. The fourth-order valence-electron chi connectivity index (χ4n) is 2.45. The van der Waals surface area contributed by atoms with E-state index < -0.39 is 22.4 Å². The van der Waals surface area contributed by atoms with E-state index in [1.54, 1.807) is 6.07 Å². The quantitative estimate of drug-likeness (QED) is 0.490. The molecule has 0 saturated heterocycles. The lowest BCUT2D eigenvalue weighted by Gasteiger charge is -2.10. The molecular weight excluding hydrogens is 400 g/mol. The summed E-state index contributed by atoms with van der Waals surface area (Å²) in [7, 11) is 0. The summed E-state index contributed by atoms with van der Waals surface area (Å²) in [6.07, 6.45) is -0.237. The van der Waals surface area contributed by atoms with Gasteiger partial charge in [0, 0.05) is 30.2 Å². The maximum atomic E-state index is 12.0. The Morgan fingerprint density at radius 3 is 2.34 bits per heavy atom. The van der Waals surface area contributed by atoms with Crippen molar-refractivity contribution in [3.63, 3.8) is 0 Å². The highest BCUT2D eigenvalue weighted by Gasteiger charge is 2.17. The van der Waals surface area contributed by atoms with Crippen LogP contribution in [0.15, 0.2) is 36.4 Å². The van der Waals surface area contributed by atoms with E-state index in [0.717, 1.165) is 17.2 Å². The molecule has 2 rings (SSSR count). The second-order valence-corrected chi connectivity index (χ2v) is 6.70. The van der Waals surface area contributed by atoms with Gasteiger partial charge < -0.3 is 5.32 Å². The number of halogens is 1. The molecule has 3 N–H and O–H groups in total. The Kier molecular flexibility index (Phi) is 7.27. The zero-order valence-electron chi connectivity index (χ0n) is 15.7. The van der Waals surface area contributed by atoms with Gasteiger partial charge in [0.25, 0.3) is 11.6 Å². The molecule has 0 unspecified atom stereocenters. The zero-order chi connectivity index (χ0) is 21.6. The Morgan fingerprint density at radius 1 is 1.00 bits per heavy atom. The van der Waals surface area contributed by atoms with E-state index in [1.165, 1.54) is 12.1 Å². The Hall–Kier alpha value is -3.46. The van der Waals surface area contributed by atoms with Crippen LogP contribution in [-0.2, 0) is 9.59 Å². The van der Waals surface area contributed by atoms with Crippen LogP contribution in [0.25, 0.3) is 0 Å². The molecule has 3 amide bonds. The number of hydrogen-bond donors (Lipinski definition) is 3. The van der Waals surface area contributed by atoms with Crippen molar-refractivity contribution in [1.29, 1.82) is 0 Å². The molecular formula is C19H19ClN4O5. The maximum Gasteiger partial charge on any atom is 0.288 e. The summed E-state index contributed by atoms with van der Waals surface area (Å²) >= 11 is 5.69. The van der Waals surface area contributed by atoms with Crippen LogP contribution in [0.1, 0.15) is 34.3 Å². The van der Waals surface area contributed by atoms with Gasteiger partial charge in [0.2, 0.25) is 11.8 Å². The van der Waals surface area contributed by atoms with E-state index in [4.69, 9.17) is 11.6 Å². The standard InChI is InChI=1S/C19H19ClN4O5/c1-11-3-6-15(12(2)9-11)21-17(25)7-8-18(26)22-23-19(27)13-4-5-14(20)16(10-13)24(28)29/h3-6,9-10H,7-8H2,1-2H3,(H,21,25)(H,22,26)(H,23,27). The van der Waals surface area contributed by atoms with Gasteiger partial charge in [-0.1, -0.05) is 29.3 Å². The number of nitro groups is 1. The third-order valence-corrected chi connectivity index (χ3v) is 4.28. The van der Waals surface area contributed by atoms with Gasteiger partial charge in [-0.15, -0.1) is 0 Å². The first-order chi connectivity index (χ1) is 13.7. The van der Waals surface area contributed by atoms with Gasteiger partial charge in [0.05, 0.1) is 4.92 Å². The van der Waals surface area contributed by atoms with Crippen molar-refractivity contribution < 1.29 is 19.3 Å². The van der Waals surface area contributed by atoms with Crippen molar-refractivity contribution in [3.05, 3.63) is 68.2 Å². The van der Waals surface area contributed by atoms with Crippen LogP contribution in [0.3, 0.4) is 0 Å². The van der Waals surface area contributed by atoms with Crippen LogP contribution >= 0.6 is 11.6 Å². The van der Waals surface area contributed by atoms with Crippen LogP contribution in [-0.4, -0.2) is 22.6 Å². The first kappa shape index (κ1) is 21.8. The number of hydrogen-bond acceptors (Lipinski definition) is 5. The van der Waals surface area contributed by atoms with E-state index >= 15 is 0 Å². The first-order valence-electron chi connectivity index (χ1n) is 8.57. The number of nitro benzene ring substituents is 1. The van der Waals surface area contributed by atoms with E-state index in [2.05, 4.69) is 16.2 Å². The smallest absolute Gasteiger partial charge is 0.288 e. The Labute approximate surface area is 171 Å². The van der Waals surface area contributed by atoms with Crippen LogP contribution in [0.2, 0.25) is 5.02 Å². The number of carbonyl (C=O) groups excluding carboxylic acids is 3. The molecule has 0 fully saturated rings. The Morgan fingerprint density at radius 2 is 1.69 bits per heavy atom. The van der Waals surface area contributed by atoms with E-state index in [1.807, 2.05) is 26.0 Å². The molecule has 152 valence electrons. The highest BCUT2D eigenvalue weighted by Crippen LogP contribution is 2.24. The second kappa shape index (κ2) is 9.65. The molecule has 0 aliphatic rings. The lowest BCUT2D eigenvalue weighted by molar-refractivity contribution is -0.384. The molecule has 0 aliphatic heterocycles. The number of amides is 3. The summed E-state index contributed by atoms with van der Waals surface area (Å²) < 4.78 is 0. The minimum atomic E-state index is -0.752. The number of nitrogens with zero attached hydrogens (tertiary/aromatic N) is 1. The lowest BCUT2D eigenvalue weighted by atomic mass is 10.1. The number of aryl methyl sites for hydroxylation is 2. The molecule has 10 heteroatoms. The summed E-state index contributed by atoms with van der Waals surface area (Å²) in [5.41, 5.74) is 6.47. The van der Waals surface area contributed by atoms with Gasteiger partial charge in [-0.3, -0.25) is 35.3 Å². The van der Waals surface area contributed by atoms with Crippen LogP contribution in [0.4, 0.5) is 11.4 Å². The molecule has 2 aromatic carbocycles. The van der Waals surface area contributed by atoms with Gasteiger partial charge in [-0.05, 0) is 37.6 Å². The predicted octanol–water partition coefficient (Wildman–Crippen LogP) is 3.04. The number of anilines is 1. The van der Waals surface area contributed by atoms with Crippen molar-refractivity contribution in [1.82, 2.24) is 10.9 Å². The van der Waals surface area contributed by atoms with E-state index in [-0.39, 0.29) is 29.3 Å². The maximum absolute atomic E-state index is 12.0. The topological polar surface area (TPSA) is 130 Å². The summed E-state index contributed by atoms with van der Waals surface area (Å²) in [6.45, 7) is 3.81. The van der Waals surface area contributed by atoms with E-state index in [9.17, 15) is 24.5 Å². The Balaban J connectivity index is 1.82. The SMILES string of the molecule is Cc1ccc(NC(=O)CCC(=O)NNC(=O)c2ccc(Cl)c([N+](=O)[O-])c2)c(C)c1. The average Bonchev–Trinajstić information content (AvgIpc) is 2.66. The molecule has 0 bridgehead atoms. The number of nitrogens with one attached hydrogen (secondary N) is 3. The van der Waals surface area contributed by atoms with Gasteiger partial charge in [0.15, 0.2) is 0 Å². The molecule has 0 aliphatic carbocycles. The number of benzene rings is 2. The number of rotatable bonds is 6. The van der Waals surface area contributed by atoms with Crippen molar-refractivity contribution >= 4 is 40.7 Å². The summed E-state index contributed by atoms with van der Waals surface area (Å²) in [5.74, 6) is -1.68. The molecule has 0 spiro atoms. The molecule has 2 aromatic rings. The zero-order valence-corrected chi connectivity index (χ0v) is 16.5. The summed E-state index contributed by atoms with van der Waals surface area (Å²) in [4.78, 5) is 46.0. The van der Waals surface area contributed by atoms with Gasteiger partial charge in [-0.25, -0.2) is 0 Å². The highest BCUT2D eigenvalue weighted by molar-refractivity contribution is 6.32. The predicted molar refractivity (Wildman–Crippen MR) is 107 cm³/mol. The van der Waals surface area contributed by atoms with Crippen molar-refractivity contribution in [2.45, 2.75) is 26.7 Å². The Bertz CT molecular complexity index is 977. The third kappa shape index (κ3) is 6.28. The van der Waals surface area contributed by atoms with Crippen LogP contribution in [0.5, 0.6) is 0 Å². The fraction of sp³-hybridized carbons (Fsp3) is 0.211. The second-order valence-electron chi connectivity index (χ2n) is 6.29. The summed E-state index contributed by atoms with van der Waals surface area (Å²) in [5, 5.41) is 13.5. The van der Waals surface area contributed by atoms with Crippen LogP contribution < -0.4 is 16.2 Å². The third-order valence-electron chi connectivity index (χ3n) is 3.96. The lowest BCUT2D eigenvalue weighted by Crippen LogP contribution is -2.41. The molecule has 0 aromatic heterocycles. The molecule has 0 atom stereocenters. The molecule has 0 saturated carbocycles. The van der Waals surface area contributed by atoms with Gasteiger partial charge in [-0.2, -0.15) is 0 Å². The minimum Gasteiger partial charge on any atom is -0.326 e. The molecule has 0 heterocycles.